The van der Waals surface area contributed by atoms with Crippen LogP contribution in [0.1, 0.15) is 0 Å². The van der Waals surface area contributed by atoms with E-state index in [9.17, 15) is 8.78 Å². The zero-order chi connectivity index (χ0) is 8.72. The summed E-state index contributed by atoms with van der Waals surface area (Å²) < 4.78 is 27.0. The van der Waals surface area contributed by atoms with Gasteiger partial charge in [0, 0.05) is 11.5 Å². The number of rotatable bonds is 0. The van der Waals surface area contributed by atoms with Crippen LogP contribution in [0.3, 0.4) is 0 Å². The van der Waals surface area contributed by atoms with Gasteiger partial charge in [-0.1, -0.05) is 0 Å². The minimum absolute atomic E-state index is 0.474. The Kier molecular flexibility index (Phi) is 2.04. The van der Waals surface area contributed by atoms with Crippen LogP contribution >= 0.6 is 33.9 Å². The summed E-state index contributed by atoms with van der Waals surface area (Å²) in [6.45, 7) is 0. The van der Waals surface area contributed by atoms with Crippen LogP contribution in [0.4, 0.5) is 8.78 Å². The summed E-state index contributed by atoms with van der Waals surface area (Å²) >= 11 is 3.17. The molecule has 0 nitrogen and oxygen atoms in total. The van der Waals surface area contributed by atoms with Crippen molar-refractivity contribution in [2.24, 2.45) is 0 Å². The van der Waals surface area contributed by atoms with Gasteiger partial charge in [-0.3, -0.25) is 0 Å². The van der Waals surface area contributed by atoms with Crippen LogP contribution in [0.5, 0.6) is 0 Å². The lowest BCUT2D eigenvalue weighted by Gasteiger charge is -1.97. The molecule has 2 rings (SSSR count). The molecule has 1 aromatic heterocycles. The molecule has 0 radical (unpaired) electrons. The molecule has 0 atom stereocenters. The number of halogens is 3. The van der Waals surface area contributed by atoms with Crippen molar-refractivity contribution in [3.63, 3.8) is 0 Å². The van der Waals surface area contributed by atoms with Crippen molar-refractivity contribution < 1.29 is 8.78 Å². The van der Waals surface area contributed by atoms with Gasteiger partial charge in [-0.2, -0.15) is 0 Å². The molecule has 0 spiro atoms. The summed E-state index contributed by atoms with van der Waals surface area (Å²) in [7, 11) is 0. The monoisotopic (exact) mass is 296 g/mol. The molecular formula is C8H3F2IS. The Balaban J connectivity index is 2.97. The van der Waals surface area contributed by atoms with Gasteiger partial charge in [0.05, 0.1) is 8.27 Å². The van der Waals surface area contributed by atoms with Crippen molar-refractivity contribution >= 4 is 44.0 Å². The fourth-order valence-electron chi connectivity index (χ4n) is 1.04. The van der Waals surface area contributed by atoms with Crippen molar-refractivity contribution in [1.29, 1.82) is 0 Å². The first-order valence-corrected chi connectivity index (χ1v) is 5.16. The molecule has 0 N–H and O–H groups in total. The second kappa shape index (κ2) is 2.92. The lowest BCUT2D eigenvalue weighted by molar-refractivity contribution is 0.588. The van der Waals surface area contributed by atoms with Crippen molar-refractivity contribution in [2.75, 3.05) is 0 Å². The second-order valence-corrected chi connectivity index (χ2v) is 4.31. The zero-order valence-electron chi connectivity index (χ0n) is 5.77. The molecule has 0 aliphatic carbocycles. The van der Waals surface area contributed by atoms with Gasteiger partial charge in [-0.25, -0.2) is 8.78 Å². The molecule has 1 aromatic carbocycles. The Labute approximate surface area is 85.3 Å². The third-order valence-corrected chi connectivity index (χ3v) is 3.60. The molecule has 12 heavy (non-hydrogen) atoms. The minimum atomic E-state index is -0.487. The van der Waals surface area contributed by atoms with Gasteiger partial charge >= 0.3 is 0 Å². The second-order valence-electron chi connectivity index (χ2n) is 2.32. The minimum Gasteiger partial charge on any atom is -0.206 e. The number of hydrogen-bond acceptors (Lipinski definition) is 1. The van der Waals surface area contributed by atoms with Crippen LogP contribution in [0.15, 0.2) is 17.5 Å². The summed E-state index contributed by atoms with van der Waals surface area (Å²) in [5.41, 5.74) is 0. The fraction of sp³-hybridized carbons (Fsp3) is 0. The largest absolute Gasteiger partial charge is 0.206 e. The van der Waals surface area contributed by atoms with Crippen LogP contribution in [-0.4, -0.2) is 0 Å². The van der Waals surface area contributed by atoms with E-state index in [-0.39, 0.29) is 0 Å². The van der Waals surface area contributed by atoms with Crippen LogP contribution in [0, 0.1) is 15.2 Å². The van der Waals surface area contributed by atoms with Crippen molar-refractivity contribution in [2.45, 2.75) is 0 Å². The zero-order valence-corrected chi connectivity index (χ0v) is 8.75. The van der Waals surface area contributed by atoms with Gasteiger partial charge in [-0.15, -0.1) is 11.3 Å². The quantitative estimate of drug-likeness (QED) is 0.512. The van der Waals surface area contributed by atoms with E-state index in [1.54, 1.807) is 11.4 Å². The highest BCUT2D eigenvalue weighted by atomic mass is 127. The summed E-state index contributed by atoms with van der Waals surface area (Å²) in [6.07, 6.45) is 0. The normalized spacial score (nSPS) is 10.9. The van der Waals surface area contributed by atoms with E-state index in [1.807, 2.05) is 22.6 Å². The Morgan fingerprint density at radius 2 is 2.00 bits per heavy atom. The number of thiophene rings is 1. The molecule has 0 aliphatic heterocycles. The van der Waals surface area contributed by atoms with Crippen LogP contribution < -0.4 is 0 Å². The first kappa shape index (κ1) is 8.37. The van der Waals surface area contributed by atoms with E-state index in [1.165, 1.54) is 11.3 Å². The van der Waals surface area contributed by atoms with E-state index in [4.69, 9.17) is 0 Å². The van der Waals surface area contributed by atoms with Crippen LogP contribution in [0.2, 0.25) is 0 Å². The Hall–Kier alpha value is -0.230. The van der Waals surface area contributed by atoms with Gasteiger partial charge in [0.15, 0.2) is 0 Å². The van der Waals surface area contributed by atoms with Gasteiger partial charge in [0.1, 0.15) is 11.6 Å². The third-order valence-electron chi connectivity index (χ3n) is 1.58. The van der Waals surface area contributed by atoms with Gasteiger partial charge in [0.25, 0.3) is 0 Å². The lowest BCUT2D eigenvalue weighted by Crippen LogP contribution is -1.84. The van der Waals surface area contributed by atoms with Gasteiger partial charge in [-0.05, 0) is 34.0 Å². The van der Waals surface area contributed by atoms with Crippen LogP contribution in [0.25, 0.3) is 10.1 Å². The van der Waals surface area contributed by atoms with Crippen LogP contribution in [-0.2, 0) is 0 Å². The van der Waals surface area contributed by atoms with Crippen molar-refractivity contribution in [3.05, 3.63) is 32.7 Å². The maximum atomic E-state index is 13.0. The molecular weight excluding hydrogens is 293 g/mol. The molecule has 0 saturated carbocycles. The Bertz CT molecular complexity index is 436. The molecule has 62 valence electrons. The highest BCUT2D eigenvalue weighted by Gasteiger charge is 2.10. The van der Waals surface area contributed by atoms with Gasteiger partial charge < -0.3 is 0 Å². The van der Waals surface area contributed by atoms with E-state index in [2.05, 4.69) is 0 Å². The Morgan fingerprint density at radius 1 is 1.25 bits per heavy atom. The van der Waals surface area contributed by atoms with E-state index >= 15 is 0 Å². The average Bonchev–Trinajstić information content (AvgIpc) is 2.48. The highest BCUT2D eigenvalue weighted by molar-refractivity contribution is 14.1. The predicted molar refractivity (Wildman–Crippen MR) is 54.5 cm³/mol. The molecule has 4 heteroatoms. The van der Waals surface area contributed by atoms with Gasteiger partial charge in [0.2, 0.25) is 0 Å². The third kappa shape index (κ3) is 1.13. The predicted octanol–water partition coefficient (Wildman–Crippen LogP) is 3.78. The van der Waals surface area contributed by atoms with E-state index in [0.29, 0.717) is 13.7 Å². The molecule has 0 unspecified atom stereocenters. The first-order chi connectivity index (χ1) is 5.70. The van der Waals surface area contributed by atoms with Crippen molar-refractivity contribution in [1.82, 2.24) is 0 Å². The summed E-state index contributed by atoms with van der Waals surface area (Å²) in [4.78, 5) is 0. The molecule has 0 fully saturated rings. The molecule has 1 heterocycles. The highest BCUT2D eigenvalue weighted by Crippen LogP contribution is 2.29. The number of fused-ring (bicyclic) bond motifs is 1. The first-order valence-electron chi connectivity index (χ1n) is 3.21. The molecule has 2 aromatic rings. The smallest absolute Gasteiger partial charge is 0.143 e. The van der Waals surface area contributed by atoms with E-state index in [0.717, 1.165) is 6.07 Å². The summed E-state index contributed by atoms with van der Waals surface area (Å²) in [6, 6.07) is 2.66. The molecule has 0 aliphatic rings. The maximum absolute atomic E-state index is 13.0. The molecule has 0 amide bonds. The number of hydrogen-bond donors (Lipinski definition) is 0. The molecule has 0 saturated heterocycles. The van der Waals surface area contributed by atoms with E-state index < -0.39 is 11.6 Å². The maximum Gasteiger partial charge on any atom is 0.143 e. The van der Waals surface area contributed by atoms with Crippen molar-refractivity contribution in [3.8, 4) is 0 Å². The lowest BCUT2D eigenvalue weighted by atomic mass is 10.2. The summed E-state index contributed by atoms with van der Waals surface area (Å²) in [5.74, 6) is -0.961. The Morgan fingerprint density at radius 3 is 2.75 bits per heavy atom. The average molecular weight is 296 g/mol. The standard InChI is InChI=1S/C8H3F2IS/c9-5-3-6(10)8-4(7(5)11)1-2-12-8/h1-3H. The SMILES string of the molecule is Fc1cc(F)c2sccc2c1I. The molecule has 0 bridgehead atoms. The summed E-state index contributed by atoms with van der Waals surface area (Å²) in [5, 5.41) is 2.42. The number of benzene rings is 1. The topological polar surface area (TPSA) is 0 Å². The fourth-order valence-corrected chi connectivity index (χ4v) is 2.63.